The number of nitrogens with two attached hydrogens (primary N) is 1. The van der Waals surface area contributed by atoms with E-state index in [0.29, 0.717) is 5.92 Å². The van der Waals surface area contributed by atoms with Crippen molar-refractivity contribution in [3.05, 3.63) is 29.8 Å². The molecule has 1 saturated heterocycles. The van der Waals surface area contributed by atoms with Crippen molar-refractivity contribution in [3.63, 3.8) is 0 Å². The Morgan fingerprint density at radius 2 is 2.13 bits per heavy atom. The summed E-state index contributed by atoms with van der Waals surface area (Å²) in [6.07, 6.45) is 2.03. The number of nitrogens with one attached hydrogen (secondary N) is 1. The van der Waals surface area contributed by atoms with Gasteiger partial charge in [-0.2, -0.15) is 0 Å². The fourth-order valence-corrected chi connectivity index (χ4v) is 4.25. The minimum absolute atomic E-state index is 0.0878. The van der Waals surface area contributed by atoms with E-state index in [1.807, 2.05) is 32.0 Å². The van der Waals surface area contributed by atoms with Gasteiger partial charge in [-0.05, 0) is 36.5 Å². The lowest BCUT2D eigenvalue weighted by Gasteiger charge is -2.65. The monoisotopic (exact) mass is 316 g/mol. The van der Waals surface area contributed by atoms with E-state index in [4.69, 9.17) is 10.5 Å². The van der Waals surface area contributed by atoms with Gasteiger partial charge in [0.1, 0.15) is 5.54 Å². The SMILES string of the molecule is CC(C)c1cccc(NC(=O)C2(N)C3CCCOC3C2(C)C)c1. The van der Waals surface area contributed by atoms with Crippen LogP contribution in [0.4, 0.5) is 5.69 Å². The number of amides is 1. The molecule has 1 saturated carbocycles. The van der Waals surface area contributed by atoms with Crippen LogP contribution in [0.3, 0.4) is 0 Å². The topological polar surface area (TPSA) is 64.4 Å². The van der Waals surface area contributed by atoms with Gasteiger partial charge in [0.25, 0.3) is 0 Å². The number of anilines is 1. The second-order valence-electron chi connectivity index (χ2n) is 7.87. The Hall–Kier alpha value is -1.39. The van der Waals surface area contributed by atoms with E-state index >= 15 is 0 Å². The Morgan fingerprint density at radius 3 is 2.83 bits per heavy atom. The largest absolute Gasteiger partial charge is 0.377 e. The first-order valence-corrected chi connectivity index (χ1v) is 8.60. The molecule has 1 amide bonds. The Balaban J connectivity index is 1.81. The van der Waals surface area contributed by atoms with Gasteiger partial charge in [0.15, 0.2) is 0 Å². The Labute approximate surface area is 138 Å². The van der Waals surface area contributed by atoms with Crippen LogP contribution in [-0.4, -0.2) is 24.2 Å². The van der Waals surface area contributed by atoms with Gasteiger partial charge >= 0.3 is 0 Å². The van der Waals surface area contributed by atoms with Gasteiger partial charge in [0, 0.05) is 23.6 Å². The number of hydrogen-bond acceptors (Lipinski definition) is 3. The summed E-state index contributed by atoms with van der Waals surface area (Å²) in [5.74, 6) is 0.449. The number of rotatable bonds is 3. The summed E-state index contributed by atoms with van der Waals surface area (Å²) in [7, 11) is 0. The molecule has 4 nitrogen and oxygen atoms in total. The maximum Gasteiger partial charge on any atom is 0.245 e. The molecule has 1 aliphatic carbocycles. The van der Waals surface area contributed by atoms with E-state index in [0.717, 1.165) is 25.1 Å². The number of ether oxygens (including phenoxy) is 1. The molecule has 0 radical (unpaired) electrons. The fourth-order valence-electron chi connectivity index (χ4n) is 4.25. The number of carbonyl (C=O) groups is 1. The molecule has 1 aliphatic heterocycles. The van der Waals surface area contributed by atoms with E-state index in [-0.39, 0.29) is 23.3 Å². The van der Waals surface area contributed by atoms with Crippen LogP contribution in [0.25, 0.3) is 0 Å². The van der Waals surface area contributed by atoms with Crippen LogP contribution in [0.15, 0.2) is 24.3 Å². The molecule has 4 heteroatoms. The summed E-state index contributed by atoms with van der Waals surface area (Å²) in [5, 5.41) is 3.05. The first-order valence-electron chi connectivity index (χ1n) is 8.60. The molecule has 2 aliphatic rings. The predicted octanol–water partition coefficient (Wildman–Crippen LogP) is 3.28. The minimum Gasteiger partial charge on any atom is -0.377 e. The number of benzene rings is 1. The van der Waals surface area contributed by atoms with Crippen LogP contribution >= 0.6 is 0 Å². The minimum atomic E-state index is -0.869. The van der Waals surface area contributed by atoms with Crippen LogP contribution in [0.5, 0.6) is 0 Å². The first kappa shape index (κ1) is 16.5. The highest BCUT2D eigenvalue weighted by atomic mass is 16.5. The van der Waals surface area contributed by atoms with Crippen LogP contribution < -0.4 is 11.1 Å². The second-order valence-corrected chi connectivity index (χ2v) is 7.87. The molecule has 0 bridgehead atoms. The Kier molecular flexibility index (Phi) is 4.01. The molecule has 23 heavy (non-hydrogen) atoms. The van der Waals surface area contributed by atoms with Gasteiger partial charge in [-0.15, -0.1) is 0 Å². The van der Waals surface area contributed by atoms with Gasteiger partial charge in [-0.1, -0.05) is 39.8 Å². The fraction of sp³-hybridized carbons (Fsp3) is 0.632. The number of carbonyl (C=O) groups excluding carboxylic acids is 1. The van der Waals surface area contributed by atoms with Crippen LogP contribution in [-0.2, 0) is 9.53 Å². The van der Waals surface area contributed by atoms with E-state index in [9.17, 15) is 4.79 Å². The second kappa shape index (κ2) is 5.60. The average molecular weight is 316 g/mol. The van der Waals surface area contributed by atoms with Crippen molar-refractivity contribution in [2.45, 2.75) is 58.1 Å². The zero-order valence-electron chi connectivity index (χ0n) is 14.6. The molecule has 126 valence electrons. The standard InChI is InChI=1S/C19H28N2O2/c1-12(2)13-7-5-8-14(11-13)21-17(22)19(20)15-9-6-10-23-16(15)18(19,3)4/h5,7-8,11-12,15-16H,6,9-10,20H2,1-4H3,(H,21,22). The normalized spacial score (nSPS) is 32.1. The van der Waals surface area contributed by atoms with Gasteiger partial charge in [-0.25, -0.2) is 0 Å². The van der Waals surface area contributed by atoms with Crippen LogP contribution in [0, 0.1) is 11.3 Å². The van der Waals surface area contributed by atoms with Crippen LogP contribution in [0.2, 0.25) is 0 Å². The highest BCUT2D eigenvalue weighted by Gasteiger charge is 2.70. The quantitative estimate of drug-likeness (QED) is 0.899. The van der Waals surface area contributed by atoms with E-state index < -0.39 is 5.54 Å². The first-order chi connectivity index (χ1) is 10.8. The smallest absolute Gasteiger partial charge is 0.245 e. The molecule has 1 aromatic carbocycles. The van der Waals surface area contributed by atoms with Gasteiger partial charge in [-0.3, -0.25) is 4.79 Å². The van der Waals surface area contributed by atoms with Crippen molar-refractivity contribution >= 4 is 11.6 Å². The van der Waals surface area contributed by atoms with Gasteiger partial charge in [0.2, 0.25) is 5.91 Å². The molecule has 2 fully saturated rings. The van der Waals surface area contributed by atoms with E-state index in [1.54, 1.807) is 0 Å². The zero-order chi connectivity index (χ0) is 16.8. The molecule has 3 N–H and O–H groups in total. The van der Waals surface area contributed by atoms with Crippen molar-refractivity contribution in [2.24, 2.45) is 17.1 Å². The third kappa shape index (κ3) is 2.39. The lowest BCUT2D eigenvalue weighted by molar-refractivity contribution is -0.222. The Bertz CT molecular complexity index is 611. The van der Waals surface area contributed by atoms with Crippen molar-refractivity contribution in [1.82, 2.24) is 0 Å². The van der Waals surface area contributed by atoms with E-state index in [2.05, 4.69) is 25.2 Å². The molecule has 3 rings (SSSR count). The molecule has 3 atom stereocenters. The maximum atomic E-state index is 13.0. The van der Waals surface area contributed by atoms with Gasteiger partial charge in [0.05, 0.1) is 6.10 Å². The summed E-state index contributed by atoms with van der Waals surface area (Å²) in [4.78, 5) is 13.0. The molecule has 0 spiro atoms. The van der Waals surface area contributed by atoms with Crippen molar-refractivity contribution < 1.29 is 9.53 Å². The van der Waals surface area contributed by atoms with Crippen LogP contribution in [0.1, 0.15) is 52.0 Å². The maximum absolute atomic E-state index is 13.0. The average Bonchev–Trinajstić information content (AvgIpc) is 2.54. The zero-order valence-corrected chi connectivity index (χ0v) is 14.6. The molecule has 0 aromatic heterocycles. The Morgan fingerprint density at radius 1 is 1.39 bits per heavy atom. The van der Waals surface area contributed by atoms with Crippen molar-refractivity contribution in [1.29, 1.82) is 0 Å². The van der Waals surface area contributed by atoms with Crippen molar-refractivity contribution in [2.75, 3.05) is 11.9 Å². The summed E-state index contributed by atoms with van der Waals surface area (Å²) >= 11 is 0. The third-order valence-electron chi connectivity index (χ3n) is 5.87. The molecular weight excluding hydrogens is 288 g/mol. The number of fused-ring (bicyclic) bond motifs is 1. The highest BCUT2D eigenvalue weighted by Crippen LogP contribution is 2.57. The highest BCUT2D eigenvalue weighted by molar-refractivity contribution is 6.00. The third-order valence-corrected chi connectivity index (χ3v) is 5.87. The van der Waals surface area contributed by atoms with Gasteiger partial charge < -0.3 is 15.8 Å². The van der Waals surface area contributed by atoms with Crippen molar-refractivity contribution in [3.8, 4) is 0 Å². The molecule has 3 unspecified atom stereocenters. The summed E-state index contributed by atoms with van der Waals surface area (Å²) < 4.78 is 5.88. The molecule has 1 heterocycles. The molecule has 1 aromatic rings. The predicted molar refractivity (Wildman–Crippen MR) is 92.3 cm³/mol. The lowest BCUT2D eigenvalue weighted by atomic mass is 9.46. The molecular formula is C19H28N2O2. The lowest BCUT2D eigenvalue weighted by Crippen LogP contribution is -2.81. The van der Waals surface area contributed by atoms with E-state index in [1.165, 1.54) is 5.56 Å². The summed E-state index contributed by atoms with van der Waals surface area (Å²) in [6.45, 7) is 9.15. The summed E-state index contributed by atoms with van der Waals surface area (Å²) in [6, 6.07) is 8.02. The summed E-state index contributed by atoms with van der Waals surface area (Å²) in [5.41, 5.74) is 7.44. The number of hydrogen-bond donors (Lipinski definition) is 2.